The number of hydrogen-bond donors (Lipinski definition) is 2. The standard InChI is InChI=1S/C40H28N4O/c1-40(2)34-19-24(23-41)12-15-30(34)31-16-13-27(22-35(31)40)29-9-6-10-32-33-21-26(14-17-36(33)45-38(29)32)25-7-5-8-28(20-25)39(42)44-37-11-3-4-18-43-37/h3-22H,1-2H3,(H2,42,43,44). The van der Waals surface area contributed by atoms with E-state index in [0.29, 0.717) is 11.1 Å². The quantitative estimate of drug-likeness (QED) is 0.161. The maximum Gasteiger partial charge on any atom is 0.154 e. The number of nitrogens with zero attached hydrogens (tertiary/aromatic N) is 2. The monoisotopic (exact) mass is 580 g/mol. The van der Waals surface area contributed by atoms with Gasteiger partial charge in [-0.05, 0) is 87.5 Å². The van der Waals surface area contributed by atoms with E-state index in [1.807, 2.05) is 54.6 Å². The number of fused-ring (bicyclic) bond motifs is 6. The van der Waals surface area contributed by atoms with Gasteiger partial charge < -0.3 is 9.40 Å². The summed E-state index contributed by atoms with van der Waals surface area (Å²) in [5.74, 6) is 0.199. The molecule has 2 aromatic heterocycles. The van der Waals surface area contributed by atoms with Gasteiger partial charge >= 0.3 is 0 Å². The van der Waals surface area contributed by atoms with E-state index in [-0.39, 0.29) is 11.3 Å². The summed E-state index contributed by atoms with van der Waals surface area (Å²) < 4.78 is 6.53. The third kappa shape index (κ3) is 4.30. The van der Waals surface area contributed by atoms with Crippen LogP contribution in [-0.2, 0) is 5.41 Å². The zero-order valence-electron chi connectivity index (χ0n) is 24.8. The molecule has 0 saturated heterocycles. The summed E-state index contributed by atoms with van der Waals surface area (Å²) in [5.41, 5.74) is 12.6. The minimum absolute atomic E-state index is 0.199. The normalized spacial score (nSPS) is 13.5. The molecule has 2 N–H and O–H groups in total. The molecule has 0 spiro atoms. The van der Waals surface area contributed by atoms with Crippen molar-refractivity contribution < 1.29 is 4.42 Å². The zero-order chi connectivity index (χ0) is 30.7. The van der Waals surface area contributed by atoms with Gasteiger partial charge in [0.1, 0.15) is 16.7 Å². The fourth-order valence-corrected chi connectivity index (χ4v) is 6.66. The van der Waals surface area contributed by atoms with Crippen LogP contribution in [0.15, 0.2) is 131 Å². The molecular weight excluding hydrogens is 552 g/mol. The average molecular weight is 581 g/mol. The lowest BCUT2D eigenvalue weighted by molar-refractivity contribution is 0.660. The first kappa shape index (κ1) is 26.6. The van der Waals surface area contributed by atoms with Crippen molar-refractivity contribution in [2.75, 3.05) is 0 Å². The summed E-state index contributed by atoms with van der Waals surface area (Å²) in [4.78, 5) is 7.50. The Bertz CT molecular complexity index is 2430. The highest BCUT2D eigenvalue weighted by atomic mass is 16.3. The lowest BCUT2D eigenvalue weighted by atomic mass is 9.81. The largest absolute Gasteiger partial charge is 0.455 e. The number of hydrogen-bond acceptors (Lipinski definition) is 3. The van der Waals surface area contributed by atoms with Crippen LogP contribution < -0.4 is 5.49 Å². The van der Waals surface area contributed by atoms with Crippen molar-refractivity contribution in [3.8, 4) is 39.4 Å². The molecule has 0 bridgehead atoms. The predicted molar refractivity (Wildman–Crippen MR) is 180 cm³/mol. The number of amidine groups is 1. The fraction of sp³-hybridized carbons (Fsp3) is 0.0750. The Balaban J connectivity index is 1.19. The molecule has 5 heteroatoms. The lowest BCUT2D eigenvalue weighted by Crippen LogP contribution is -2.15. The van der Waals surface area contributed by atoms with Crippen LogP contribution in [0.5, 0.6) is 0 Å². The first-order valence-electron chi connectivity index (χ1n) is 14.9. The van der Waals surface area contributed by atoms with Gasteiger partial charge in [-0.15, -0.1) is 0 Å². The van der Waals surface area contributed by atoms with Gasteiger partial charge in [0.2, 0.25) is 0 Å². The smallest absolute Gasteiger partial charge is 0.154 e. The number of aromatic amines is 1. The molecule has 0 amide bonds. The number of nitrogens with one attached hydrogen (secondary N) is 2. The third-order valence-electron chi connectivity index (χ3n) is 9.01. The van der Waals surface area contributed by atoms with Crippen molar-refractivity contribution in [2.24, 2.45) is 4.99 Å². The minimum atomic E-state index is -0.221. The van der Waals surface area contributed by atoms with Gasteiger partial charge in [-0.25, -0.2) is 4.99 Å². The Labute approximate surface area is 260 Å². The van der Waals surface area contributed by atoms with Crippen LogP contribution in [0.1, 0.15) is 36.1 Å². The van der Waals surface area contributed by atoms with E-state index in [4.69, 9.17) is 9.83 Å². The summed E-state index contributed by atoms with van der Waals surface area (Å²) in [5, 5.41) is 20.2. The van der Waals surface area contributed by atoms with Crippen molar-refractivity contribution in [1.82, 2.24) is 4.98 Å². The summed E-state index contributed by atoms with van der Waals surface area (Å²) in [7, 11) is 0. The second kappa shape index (κ2) is 10.0. The molecule has 0 saturated carbocycles. The van der Waals surface area contributed by atoms with Crippen molar-refractivity contribution >= 4 is 27.8 Å². The van der Waals surface area contributed by atoms with Gasteiger partial charge in [0.25, 0.3) is 0 Å². The molecule has 1 aliphatic carbocycles. The van der Waals surface area contributed by atoms with E-state index in [1.54, 1.807) is 6.20 Å². The molecule has 0 aliphatic heterocycles. The molecule has 0 unspecified atom stereocenters. The van der Waals surface area contributed by atoms with Crippen molar-refractivity contribution in [2.45, 2.75) is 19.3 Å². The van der Waals surface area contributed by atoms with E-state index in [2.05, 4.69) is 90.6 Å². The van der Waals surface area contributed by atoms with Crippen LogP contribution in [0.4, 0.5) is 0 Å². The second-order valence-corrected chi connectivity index (χ2v) is 12.0. The number of furan rings is 1. The Morgan fingerprint density at radius 3 is 2.33 bits per heavy atom. The van der Waals surface area contributed by atoms with Gasteiger partial charge in [0.05, 0.1) is 11.6 Å². The van der Waals surface area contributed by atoms with Gasteiger partial charge in [-0.3, -0.25) is 5.41 Å². The van der Waals surface area contributed by atoms with Crippen LogP contribution in [-0.4, -0.2) is 10.8 Å². The first-order chi connectivity index (χ1) is 21.9. The maximum absolute atomic E-state index is 9.50. The van der Waals surface area contributed by atoms with Crippen molar-refractivity contribution in [3.05, 3.63) is 149 Å². The fourth-order valence-electron chi connectivity index (χ4n) is 6.66. The zero-order valence-corrected chi connectivity index (χ0v) is 24.8. The Kier molecular flexibility index (Phi) is 5.94. The molecule has 0 atom stereocenters. The third-order valence-corrected chi connectivity index (χ3v) is 9.01. The maximum atomic E-state index is 9.50. The van der Waals surface area contributed by atoms with Crippen LogP contribution >= 0.6 is 0 Å². The van der Waals surface area contributed by atoms with E-state index in [1.165, 1.54) is 22.3 Å². The molecule has 5 nitrogen and oxygen atoms in total. The highest BCUT2D eigenvalue weighted by Gasteiger charge is 2.36. The van der Waals surface area contributed by atoms with Crippen LogP contribution in [0.25, 0.3) is 55.3 Å². The number of nitriles is 1. The second-order valence-electron chi connectivity index (χ2n) is 12.0. The van der Waals surface area contributed by atoms with E-state index < -0.39 is 0 Å². The van der Waals surface area contributed by atoms with Crippen molar-refractivity contribution in [1.29, 1.82) is 10.7 Å². The molecule has 0 fully saturated rings. The average Bonchev–Trinajstić information content (AvgIpc) is 3.56. The summed E-state index contributed by atoms with van der Waals surface area (Å²) in [6, 6.07) is 41.2. The summed E-state index contributed by atoms with van der Waals surface area (Å²) >= 11 is 0. The van der Waals surface area contributed by atoms with E-state index >= 15 is 0 Å². The van der Waals surface area contributed by atoms with Crippen LogP contribution in [0.3, 0.4) is 0 Å². The van der Waals surface area contributed by atoms with Gasteiger partial charge in [0.15, 0.2) is 5.84 Å². The highest BCUT2D eigenvalue weighted by molar-refractivity contribution is 6.11. The van der Waals surface area contributed by atoms with Crippen molar-refractivity contribution in [3.63, 3.8) is 0 Å². The summed E-state index contributed by atoms with van der Waals surface area (Å²) in [6.45, 7) is 4.47. The van der Waals surface area contributed by atoms with Crippen LogP contribution in [0, 0.1) is 16.7 Å². The number of rotatable bonds is 3. The molecule has 7 aromatic rings. The lowest BCUT2D eigenvalue weighted by Gasteiger charge is -2.22. The number of benzene rings is 5. The SMILES string of the molecule is CC1(C)c2cc(C#N)ccc2-c2ccc(-c3cccc4c3oc3ccc(-c5cccc(C(=N)/N=c6/cccc[nH]6)c5)cc34)cc21. The van der Waals surface area contributed by atoms with Gasteiger partial charge in [-0.1, -0.05) is 80.6 Å². The number of aromatic nitrogens is 1. The highest BCUT2D eigenvalue weighted by Crippen LogP contribution is 2.50. The number of para-hydroxylation sites is 1. The first-order valence-corrected chi connectivity index (χ1v) is 14.9. The molecule has 1 aliphatic rings. The van der Waals surface area contributed by atoms with E-state index in [0.717, 1.165) is 49.8 Å². The van der Waals surface area contributed by atoms with Crippen LogP contribution in [0.2, 0.25) is 0 Å². The molecule has 214 valence electrons. The molecule has 5 aromatic carbocycles. The number of pyridine rings is 1. The molecule has 2 heterocycles. The summed E-state index contributed by atoms with van der Waals surface area (Å²) in [6.07, 6.45) is 1.80. The van der Waals surface area contributed by atoms with E-state index in [9.17, 15) is 5.26 Å². The Morgan fingerprint density at radius 1 is 0.733 bits per heavy atom. The molecule has 0 radical (unpaired) electrons. The minimum Gasteiger partial charge on any atom is -0.455 e. The molecule has 45 heavy (non-hydrogen) atoms. The number of H-pyrrole nitrogens is 1. The molecular formula is C40H28N4O. The predicted octanol–water partition coefficient (Wildman–Crippen LogP) is 9.35. The van der Waals surface area contributed by atoms with Gasteiger partial charge in [-0.2, -0.15) is 5.26 Å². The Hall–Kier alpha value is -5.99. The topological polar surface area (TPSA) is 88.9 Å². The molecule has 8 rings (SSSR count). The Morgan fingerprint density at radius 2 is 1.51 bits per heavy atom. The van der Waals surface area contributed by atoms with Gasteiger partial charge in [0, 0.05) is 33.5 Å².